The van der Waals surface area contributed by atoms with Crippen LogP contribution in [0.5, 0.6) is 0 Å². The summed E-state index contributed by atoms with van der Waals surface area (Å²) in [6, 6.07) is 5.14. The Balaban J connectivity index is 2.11. The maximum Gasteiger partial charge on any atom is 0.160 e. The number of rotatable bonds is 2. The van der Waals surface area contributed by atoms with Crippen molar-refractivity contribution in [3.63, 3.8) is 0 Å². The predicted octanol–water partition coefficient (Wildman–Crippen LogP) is 3.32. The molecule has 0 aromatic heterocycles. The standard InChI is InChI=1S/C15H22F2N2/c1-3-12-7-9-19(8-6-11(2)18-12)13-4-5-14(16)15(17)10-13/h4-5,10-12,18H,3,6-9H2,1-2H3. The van der Waals surface area contributed by atoms with Gasteiger partial charge in [-0.2, -0.15) is 0 Å². The van der Waals surface area contributed by atoms with Gasteiger partial charge in [0.1, 0.15) is 0 Å². The zero-order chi connectivity index (χ0) is 13.8. The molecule has 1 aromatic rings. The van der Waals surface area contributed by atoms with Crippen molar-refractivity contribution in [2.24, 2.45) is 0 Å². The van der Waals surface area contributed by atoms with E-state index in [4.69, 9.17) is 0 Å². The second kappa shape index (κ2) is 6.33. The minimum Gasteiger partial charge on any atom is -0.371 e. The number of nitrogens with zero attached hydrogens (tertiary/aromatic N) is 1. The van der Waals surface area contributed by atoms with E-state index in [0.29, 0.717) is 12.1 Å². The highest BCUT2D eigenvalue weighted by Crippen LogP contribution is 2.20. The first-order chi connectivity index (χ1) is 9.10. The minimum atomic E-state index is -0.780. The summed E-state index contributed by atoms with van der Waals surface area (Å²) in [5.74, 6) is -1.55. The van der Waals surface area contributed by atoms with E-state index in [0.717, 1.165) is 38.0 Å². The molecule has 0 bridgehead atoms. The van der Waals surface area contributed by atoms with Crippen molar-refractivity contribution < 1.29 is 8.78 Å². The predicted molar refractivity (Wildman–Crippen MR) is 74.5 cm³/mol. The first-order valence-corrected chi connectivity index (χ1v) is 7.06. The SMILES string of the molecule is CCC1CCN(c2ccc(F)c(F)c2)CCC(C)N1. The molecular formula is C15H22F2N2. The van der Waals surface area contributed by atoms with Gasteiger partial charge in [0.2, 0.25) is 0 Å². The number of halogens is 2. The molecule has 2 rings (SSSR count). The lowest BCUT2D eigenvalue weighted by molar-refractivity contribution is 0.378. The van der Waals surface area contributed by atoms with Crippen molar-refractivity contribution >= 4 is 5.69 Å². The van der Waals surface area contributed by atoms with Gasteiger partial charge in [-0.05, 0) is 38.3 Å². The molecule has 106 valence electrons. The maximum atomic E-state index is 13.3. The van der Waals surface area contributed by atoms with Crippen molar-refractivity contribution in [3.05, 3.63) is 29.8 Å². The van der Waals surface area contributed by atoms with Crippen molar-refractivity contribution in [2.45, 2.75) is 45.2 Å². The molecule has 2 unspecified atom stereocenters. The molecule has 0 aliphatic carbocycles. The van der Waals surface area contributed by atoms with Gasteiger partial charge in [0, 0.05) is 36.9 Å². The molecular weight excluding hydrogens is 246 g/mol. The molecule has 1 saturated heterocycles. The van der Waals surface area contributed by atoms with Gasteiger partial charge in [-0.25, -0.2) is 8.78 Å². The Morgan fingerprint density at radius 1 is 1.21 bits per heavy atom. The molecule has 4 heteroatoms. The Hall–Kier alpha value is -1.16. The lowest BCUT2D eigenvalue weighted by Crippen LogP contribution is -2.44. The molecule has 0 spiro atoms. The molecule has 0 saturated carbocycles. The Labute approximate surface area is 113 Å². The van der Waals surface area contributed by atoms with Crippen LogP contribution in [0.4, 0.5) is 14.5 Å². The second-order valence-corrected chi connectivity index (χ2v) is 5.34. The second-order valence-electron chi connectivity index (χ2n) is 5.34. The van der Waals surface area contributed by atoms with Gasteiger partial charge in [0.15, 0.2) is 11.6 Å². The van der Waals surface area contributed by atoms with E-state index < -0.39 is 11.6 Å². The number of nitrogens with one attached hydrogen (secondary N) is 1. The van der Waals surface area contributed by atoms with Crippen molar-refractivity contribution in [2.75, 3.05) is 18.0 Å². The van der Waals surface area contributed by atoms with Gasteiger partial charge in [0.05, 0.1) is 0 Å². The highest BCUT2D eigenvalue weighted by Gasteiger charge is 2.18. The van der Waals surface area contributed by atoms with Gasteiger partial charge in [-0.15, -0.1) is 0 Å². The molecule has 0 amide bonds. The summed E-state index contributed by atoms with van der Waals surface area (Å²) >= 11 is 0. The number of benzene rings is 1. The average molecular weight is 268 g/mol. The lowest BCUT2D eigenvalue weighted by atomic mass is 10.1. The normalized spacial score (nSPS) is 24.9. The zero-order valence-corrected chi connectivity index (χ0v) is 11.6. The fraction of sp³-hybridized carbons (Fsp3) is 0.600. The van der Waals surface area contributed by atoms with Gasteiger partial charge in [-0.3, -0.25) is 0 Å². The Bertz CT molecular complexity index is 423. The van der Waals surface area contributed by atoms with Crippen LogP contribution in [0.15, 0.2) is 18.2 Å². The molecule has 1 aliphatic heterocycles. The fourth-order valence-corrected chi connectivity index (χ4v) is 2.60. The summed E-state index contributed by atoms with van der Waals surface area (Å²) < 4.78 is 26.3. The van der Waals surface area contributed by atoms with Gasteiger partial charge in [-0.1, -0.05) is 6.92 Å². The molecule has 1 fully saturated rings. The molecule has 1 aliphatic rings. The summed E-state index contributed by atoms with van der Waals surface area (Å²) in [4.78, 5) is 2.16. The third-order valence-corrected chi connectivity index (χ3v) is 3.86. The van der Waals surface area contributed by atoms with Gasteiger partial charge >= 0.3 is 0 Å². The van der Waals surface area contributed by atoms with Gasteiger partial charge in [0.25, 0.3) is 0 Å². The highest BCUT2D eigenvalue weighted by atomic mass is 19.2. The molecule has 1 aromatic carbocycles. The van der Waals surface area contributed by atoms with E-state index in [9.17, 15) is 8.78 Å². The molecule has 1 N–H and O–H groups in total. The molecule has 19 heavy (non-hydrogen) atoms. The Morgan fingerprint density at radius 3 is 2.63 bits per heavy atom. The quantitative estimate of drug-likeness (QED) is 0.885. The monoisotopic (exact) mass is 268 g/mol. The minimum absolute atomic E-state index is 0.457. The Kier molecular flexibility index (Phi) is 4.75. The van der Waals surface area contributed by atoms with Crippen LogP contribution in [0, 0.1) is 11.6 Å². The van der Waals surface area contributed by atoms with Crippen LogP contribution >= 0.6 is 0 Å². The largest absolute Gasteiger partial charge is 0.371 e. The Morgan fingerprint density at radius 2 is 1.95 bits per heavy atom. The van der Waals surface area contributed by atoms with E-state index in [1.165, 1.54) is 12.1 Å². The molecule has 2 atom stereocenters. The van der Waals surface area contributed by atoms with E-state index in [-0.39, 0.29) is 0 Å². The molecule has 2 nitrogen and oxygen atoms in total. The summed E-state index contributed by atoms with van der Waals surface area (Å²) in [7, 11) is 0. The maximum absolute atomic E-state index is 13.3. The molecule has 1 heterocycles. The van der Waals surface area contributed by atoms with Crippen molar-refractivity contribution in [1.29, 1.82) is 0 Å². The number of hydrogen-bond acceptors (Lipinski definition) is 2. The van der Waals surface area contributed by atoms with E-state index in [2.05, 4.69) is 24.1 Å². The first kappa shape index (κ1) is 14.3. The van der Waals surface area contributed by atoms with E-state index in [1.807, 2.05) is 0 Å². The summed E-state index contributed by atoms with van der Waals surface area (Å²) in [5, 5.41) is 3.60. The third kappa shape index (κ3) is 3.66. The first-order valence-electron chi connectivity index (χ1n) is 7.06. The van der Waals surface area contributed by atoms with Crippen LogP contribution in [0.25, 0.3) is 0 Å². The summed E-state index contributed by atoms with van der Waals surface area (Å²) in [5.41, 5.74) is 0.780. The van der Waals surface area contributed by atoms with Gasteiger partial charge < -0.3 is 10.2 Å². The van der Waals surface area contributed by atoms with E-state index >= 15 is 0 Å². The topological polar surface area (TPSA) is 15.3 Å². The van der Waals surface area contributed by atoms with Crippen molar-refractivity contribution in [1.82, 2.24) is 5.32 Å². The third-order valence-electron chi connectivity index (χ3n) is 3.86. The summed E-state index contributed by atoms with van der Waals surface area (Å²) in [6.45, 7) is 6.10. The van der Waals surface area contributed by atoms with Crippen LogP contribution in [0.2, 0.25) is 0 Å². The summed E-state index contributed by atoms with van der Waals surface area (Å²) in [6.07, 6.45) is 3.13. The van der Waals surface area contributed by atoms with Crippen LogP contribution in [0.3, 0.4) is 0 Å². The van der Waals surface area contributed by atoms with E-state index in [1.54, 1.807) is 6.07 Å². The smallest absolute Gasteiger partial charge is 0.160 e. The zero-order valence-electron chi connectivity index (χ0n) is 11.6. The number of hydrogen-bond donors (Lipinski definition) is 1. The number of anilines is 1. The van der Waals surface area contributed by atoms with Crippen LogP contribution < -0.4 is 10.2 Å². The fourth-order valence-electron chi connectivity index (χ4n) is 2.60. The highest BCUT2D eigenvalue weighted by molar-refractivity contribution is 5.46. The van der Waals surface area contributed by atoms with Crippen molar-refractivity contribution in [3.8, 4) is 0 Å². The van der Waals surface area contributed by atoms with Crippen LogP contribution in [-0.2, 0) is 0 Å². The molecule has 0 radical (unpaired) electrons. The van der Waals surface area contributed by atoms with Crippen LogP contribution in [0.1, 0.15) is 33.1 Å². The average Bonchev–Trinajstić information content (AvgIpc) is 2.38. The lowest BCUT2D eigenvalue weighted by Gasteiger charge is -2.33. The van der Waals surface area contributed by atoms with Crippen LogP contribution in [-0.4, -0.2) is 25.2 Å².